The zero-order valence-electron chi connectivity index (χ0n) is 9.37. The molecule has 0 saturated heterocycles. The molecule has 3 rings (SSSR count). The zero-order valence-corrected chi connectivity index (χ0v) is 12.0. The highest BCUT2D eigenvalue weighted by atomic mass is 79.9. The fraction of sp³-hybridized carbons (Fsp3) is 0.0714. The second kappa shape index (κ2) is 4.29. The van der Waals surface area contributed by atoms with E-state index >= 15 is 0 Å². The van der Waals surface area contributed by atoms with Crippen LogP contribution in [0.25, 0.3) is 21.6 Å². The number of aryl methyl sites for hydroxylation is 1. The van der Waals surface area contributed by atoms with Crippen molar-refractivity contribution in [3.63, 3.8) is 0 Å². The van der Waals surface area contributed by atoms with Crippen LogP contribution in [0.5, 0.6) is 0 Å². The molecule has 0 aliphatic rings. The van der Waals surface area contributed by atoms with Crippen molar-refractivity contribution >= 4 is 34.8 Å². The summed E-state index contributed by atoms with van der Waals surface area (Å²) in [5, 5.41) is 1.36. The van der Waals surface area contributed by atoms with E-state index < -0.39 is 0 Å². The fourth-order valence-electron chi connectivity index (χ4n) is 1.90. The highest BCUT2D eigenvalue weighted by Crippen LogP contribution is 2.35. The molecule has 3 heteroatoms. The molecular weight excluding hydrogens is 293 g/mol. The van der Waals surface area contributed by atoms with Gasteiger partial charge in [0.05, 0.1) is 10.9 Å². The van der Waals surface area contributed by atoms with Crippen molar-refractivity contribution in [3.05, 3.63) is 52.5 Å². The number of hydrogen-bond donors (Lipinski definition) is 0. The Morgan fingerprint density at radius 3 is 2.82 bits per heavy atom. The minimum atomic E-state index is 0.670. The molecule has 1 heterocycles. The molecule has 1 unspecified atom stereocenters. The van der Waals surface area contributed by atoms with Gasteiger partial charge in [-0.25, -0.2) is 4.98 Å². The number of nitrogens with zero attached hydrogens (tertiary/aromatic N) is 1. The molecule has 1 aromatic heterocycles. The van der Waals surface area contributed by atoms with Crippen LogP contribution in [0.2, 0.25) is 0 Å². The normalized spacial score (nSPS) is 11.4. The van der Waals surface area contributed by atoms with E-state index in [0.29, 0.717) is 8.19 Å². The van der Waals surface area contributed by atoms with Gasteiger partial charge in [-0.1, -0.05) is 39.7 Å². The quantitative estimate of drug-likeness (QED) is 0.616. The average molecular weight is 304 g/mol. The first-order valence-electron chi connectivity index (χ1n) is 5.45. The number of aromatic nitrogens is 1. The Balaban J connectivity index is 2.18. The van der Waals surface area contributed by atoms with Gasteiger partial charge in [0, 0.05) is 15.2 Å². The number of fused-ring (bicyclic) bond motifs is 1. The van der Waals surface area contributed by atoms with Gasteiger partial charge in [0.2, 0.25) is 0 Å². The van der Waals surface area contributed by atoms with Gasteiger partial charge in [-0.05, 0) is 31.2 Å². The van der Waals surface area contributed by atoms with Crippen LogP contribution >= 0.6 is 24.1 Å². The van der Waals surface area contributed by atoms with Gasteiger partial charge in [0.25, 0.3) is 0 Å². The molecule has 17 heavy (non-hydrogen) atoms. The van der Waals surface area contributed by atoms with E-state index in [-0.39, 0.29) is 0 Å². The van der Waals surface area contributed by atoms with Crippen LogP contribution in [-0.2, 0) is 0 Å². The first kappa shape index (κ1) is 11.0. The summed E-state index contributed by atoms with van der Waals surface area (Å²) in [7, 11) is 0.670. The van der Waals surface area contributed by atoms with Gasteiger partial charge in [-0.3, -0.25) is 0 Å². The van der Waals surface area contributed by atoms with Crippen molar-refractivity contribution in [1.82, 2.24) is 4.98 Å². The molecule has 0 bridgehead atoms. The molecule has 1 nitrogen and oxygen atoms in total. The molecule has 2 aromatic carbocycles. The lowest BCUT2D eigenvalue weighted by Crippen LogP contribution is -1.75. The summed E-state index contributed by atoms with van der Waals surface area (Å²) in [6.07, 6.45) is 0. The van der Waals surface area contributed by atoms with E-state index in [1.165, 1.54) is 21.7 Å². The van der Waals surface area contributed by atoms with Crippen LogP contribution in [0.15, 0.2) is 46.9 Å². The smallest absolute Gasteiger partial charge is 0.0872 e. The first-order chi connectivity index (χ1) is 8.22. The summed E-state index contributed by atoms with van der Waals surface area (Å²) < 4.78 is 1.11. The Bertz CT molecular complexity index is 688. The predicted molar refractivity (Wildman–Crippen MR) is 79.1 cm³/mol. The maximum Gasteiger partial charge on any atom is 0.0872 e. The Kier molecular flexibility index (Phi) is 2.78. The van der Waals surface area contributed by atoms with Gasteiger partial charge in [-0.2, -0.15) is 0 Å². The second-order valence-corrected chi connectivity index (χ2v) is 6.29. The summed E-state index contributed by atoms with van der Waals surface area (Å²) in [6, 6.07) is 14.8. The Morgan fingerprint density at radius 1 is 1.12 bits per heavy atom. The summed E-state index contributed by atoms with van der Waals surface area (Å²) >= 11 is 3.50. The number of rotatable bonds is 1. The van der Waals surface area contributed by atoms with E-state index in [0.717, 1.165) is 9.99 Å². The molecule has 0 N–H and O–H groups in total. The van der Waals surface area contributed by atoms with Crippen molar-refractivity contribution in [2.24, 2.45) is 0 Å². The van der Waals surface area contributed by atoms with Gasteiger partial charge < -0.3 is 0 Å². The topological polar surface area (TPSA) is 12.9 Å². The van der Waals surface area contributed by atoms with E-state index in [1.807, 2.05) is 6.07 Å². The van der Waals surface area contributed by atoms with Gasteiger partial charge >= 0.3 is 0 Å². The summed E-state index contributed by atoms with van der Waals surface area (Å²) in [6.45, 7) is 2.13. The van der Waals surface area contributed by atoms with E-state index in [2.05, 4.69) is 59.3 Å². The molecule has 0 aliphatic heterocycles. The third kappa shape index (κ3) is 2.15. The maximum absolute atomic E-state index is 4.71. The van der Waals surface area contributed by atoms with Crippen LogP contribution in [0.4, 0.5) is 0 Å². The van der Waals surface area contributed by atoms with Crippen LogP contribution in [0.1, 0.15) is 5.56 Å². The molecule has 0 amide bonds. The SMILES string of the molecule is Cc1ccc2nc(-c3cccc(Br)c3)[pH]c2c1. The van der Waals surface area contributed by atoms with Crippen molar-refractivity contribution in [3.8, 4) is 11.0 Å². The molecule has 3 aromatic rings. The highest BCUT2D eigenvalue weighted by Gasteiger charge is 2.05. The monoisotopic (exact) mass is 303 g/mol. The number of benzene rings is 2. The fourth-order valence-corrected chi connectivity index (χ4v) is 3.59. The molecule has 0 saturated carbocycles. The minimum Gasteiger partial charge on any atom is -0.243 e. The molecule has 0 spiro atoms. The van der Waals surface area contributed by atoms with E-state index in [4.69, 9.17) is 4.98 Å². The molecule has 84 valence electrons. The Morgan fingerprint density at radius 2 is 2.00 bits per heavy atom. The lowest BCUT2D eigenvalue weighted by atomic mass is 10.2. The predicted octanol–water partition coefficient (Wildman–Crippen LogP) is 5.00. The third-order valence-corrected chi connectivity index (χ3v) is 4.54. The van der Waals surface area contributed by atoms with Crippen LogP contribution in [-0.4, -0.2) is 4.98 Å². The van der Waals surface area contributed by atoms with Crippen molar-refractivity contribution in [1.29, 1.82) is 0 Å². The largest absolute Gasteiger partial charge is 0.243 e. The maximum atomic E-state index is 4.71. The van der Waals surface area contributed by atoms with Crippen LogP contribution < -0.4 is 0 Å². The van der Waals surface area contributed by atoms with Crippen molar-refractivity contribution in [2.45, 2.75) is 6.92 Å². The van der Waals surface area contributed by atoms with Crippen LogP contribution in [0.3, 0.4) is 0 Å². The summed E-state index contributed by atoms with van der Waals surface area (Å²) in [4.78, 5) is 4.71. The van der Waals surface area contributed by atoms with Gasteiger partial charge in [0.1, 0.15) is 0 Å². The summed E-state index contributed by atoms with van der Waals surface area (Å²) in [5.74, 6) is 0. The third-order valence-electron chi connectivity index (χ3n) is 2.74. The highest BCUT2D eigenvalue weighted by molar-refractivity contribution is 9.10. The molecule has 0 aliphatic carbocycles. The molecular formula is C14H11BrNP. The Hall–Kier alpha value is -1.11. The number of hydrogen-bond acceptors (Lipinski definition) is 1. The zero-order chi connectivity index (χ0) is 11.8. The average Bonchev–Trinajstić information content (AvgIpc) is 2.72. The standard InChI is InChI=1S/C14H11BrNP/c1-9-5-6-12-13(7-9)17-14(16-12)10-3-2-4-11(15)8-10/h2-8,17H,1H3. The second-order valence-electron chi connectivity index (χ2n) is 4.12. The van der Waals surface area contributed by atoms with E-state index in [1.54, 1.807) is 0 Å². The lowest BCUT2D eigenvalue weighted by Gasteiger charge is -1.96. The van der Waals surface area contributed by atoms with E-state index in [9.17, 15) is 0 Å². The Labute approximate surface area is 110 Å². The molecule has 0 fully saturated rings. The molecule has 0 radical (unpaired) electrons. The van der Waals surface area contributed by atoms with Crippen LogP contribution in [0, 0.1) is 6.92 Å². The number of halogens is 1. The van der Waals surface area contributed by atoms with Crippen molar-refractivity contribution < 1.29 is 0 Å². The van der Waals surface area contributed by atoms with Crippen molar-refractivity contribution in [2.75, 3.05) is 0 Å². The first-order valence-corrected chi connectivity index (χ1v) is 7.24. The minimum absolute atomic E-state index is 0.670. The van der Waals surface area contributed by atoms with Gasteiger partial charge in [-0.15, -0.1) is 8.19 Å². The molecule has 1 atom stereocenters. The lowest BCUT2D eigenvalue weighted by molar-refractivity contribution is 1.45. The van der Waals surface area contributed by atoms with Gasteiger partial charge in [0.15, 0.2) is 0 Å². The summed E-state index contributed by atoms with van der Waals surface area (Å²) in [5.41, 5.74) is 4.84.